The average Bonchev–Trinajstić information content (AvgIpc) is 2.82. The lowest BCUT2D eigenvalue weighted by Gasteiger charge is -2.28. The van der Waals surface area contributed by atoms with Crippen LogP contribution in [0.1, 0.15) is 31.2 Å². The number of nitrogens with zero attached hydrogens (tertiary/aromatic N) is 2. The van der Waals surface area contributed by atoms with Crippen LogP contribution in [0.3, 0.4) is 0 Å². The fourth-order valence-corrected chi connectivity index (χ4v) is 4.52. The van der Waals surface area contributed by atoms with E-state index in [1.54, 1.807) is 10.7 Å². The number of rotatable bonds is 8. The van der Waals surface area contributed by atoms with Gasteiger partial charge in [-0.3, -0.25) is 4.79 Å². The summed E-state index contributed by atoms with van der Waals surface area (Å²) in [5, 5.41) is 13.6. The Morgan fingerprint density at radius 2 is 1.67 bits per heavy atom. The van der Waals surface area contributed by atoms with Gasteiger partial charge in [0.05, 0.1) is 12.3 Å². The number of hydrogen-bond acceptors (Lipinski definition) is 4. The Labute approximate surface area is 193 Å². The summed E-state index contributed by atoms with van der Waals surface area (Å²) in [5.74, 6) is -0.175. The number of benzene rings is 2. The lowest BCUT2D eigenvalue weighted by atomic mass is 9.82. The molecule has 0 aliphatic heterocycles. The number of aryl methyl sites for hydroxylation is 1. The Morgan fingerprint density at radius 3 is 2.33 bits per heavy atom. The predicted molar refractivity (Wildman–Crippen MR) is 128 cm³/mol. The highest BCUT2D eigenvalue weighted by Gasteiger charge is 2.23. The second-order valence-electron chi connectivity index (χ2n) is 8.95. The van der Waals surface area contributed by atoms with Gasteiger partial charge in [-0.15, -0.1) is 0 Å². The molecule has 0 bridgehead atoms. The maximum Gasteiger partial charge on any atom is 0.329 e. The Balaban J connectivity index is 1.53. The van der Waals surface area contributed by atoms with Crippen molar-refractivity contribution in [2.24, 2.45) is 11.8 Å². The molecule has 1 saturated carbocycles. The third-order valence-electron chi connectivity index (χ3n) is 6.38. The standard InChI is InChI=1S/C27H30N2O4/c1-19-7-13-22(14-8-19)24-15-25(30)29(28-27(24)23-5-3-2-4-6-23)16-20-9-11-21(12-10-20)17-33-18-26(31)32/h2-8,13-15,20-21H,9-12,16-18H2,1H3,(H,31,32)/t20-,21+. The Bertz CT molecular complexity index is 1130. The van der Waals surface area contributed by atoms with Gasteiger partial charge in [-0.25, -0.2) is 9.48 Å². The van der Waals surface area contributed by atoms with Crippen molar-refractivity contribution in [2.75, 3.05) is 13.2 Å². The van der Waals surface area contributed by atoms with Crippen LogP contribution in [-0.4, -0.2) is 34.1 Å². The molecule has 1 fully saturated rings. The van der Waals surface area contributed by atoms with Crippen LogP contribution in [0.15, 0.2) is 65.5 Å². The largest absolute Gasteiger partial charge is 0.480 e. The first kappa shape index (κ1) is 22.9. The van der Waals surface area contributed by atoms with Crippen molar-refractivity contribution in [1.82, 2.24) is 9.78 Å². The molecular weight excluding hydrogens is 416 g/mol. The first-order valence-electron chi connectivity index (χ1n) is 11.5. The predicted octanol–water partition coefficient (Wildman–Crippen LogP) is 4.79. The summed E-state index contributed by atoms with van der Waals surface area (Å²) in [5.41, 5.74) is 4.72. The Morgan fingerprint density at radius 1 is 1.00 bits per heavy atom. The molecule has 1 heterocycles. The van der Waals surface area contributed by atoms with Crippen LogP contribution in [-0.2, 0) is 16.1 Å². The summed E-state index contributed by atoms with van der Waals surface area (Å²) in [6.45, 7) is 2.89. The molecule has 0 atom stereocenters. The van der Waals surface area contributed by atoms with Gasteiger partial charge in [0.1, 0.15) is 6.61 Å². The maximum absolute atomic E-state index is 13.0. The van der Waals surface area contributed by atoms with Crippen LogP contribution in [0, 0.1) is 18.8 Å². The molecule has 3 aromatic rings. The van der Waals surface area contributed by atoms with Gasteiger partial charge in [-0.1, -0.05) is 60.2 Å². The molecule has 33 heavy (non-hydrogen) atoms. The van der Waals surface area contributed by atoms with E-state index in [1.807, 2.05) is 61.5 Å². The normalized spacial score (nSPS) is 18.2. The van der Waals surface area contributed by atoms with E-state index in [-0.39, 0.29) is 12.2 Å². The summed E-state index contributed by atoms with van der Waals surface area (Å²) in [6.07, 6.45) is 3.92. The number of carboxylic acid groups (broad SMARTS) is 1. The van der Waals surface area contributed by atoms with Gasteiger partial charge in [0, 0.05) is 23.7 Å². The number of aliphatic carboxylic acids is 1. The van der Waals surface area contributed by atoms with Gasteiger partial charge < -0.3 is 9.84 Å². The van der Waals surface area contributed by atoms with E-state index in [1.165, 1.54) is 5.56 Å². The zero-order valence-corrected chi connectivity index (χ0v) is 18.9. The molecule has 172 valence electrons. The van der Waals surface area contributed by atoms with Crippen molar-refractivity contribution in [3.05, 3.63) is 76.6 Å². The number of carboxylic acids is 1. The molecule has 0 unspecified atom stereocenters. The molecule has 1 aliphatic carbocycles. The van der Waals surface area contributed by atoms with Crippen LogP contribution in [0.4, 0.5) is 0 Å². The SMILES string of the molecule is Cc1ccc(-c2cc(=O)n(C[C@H]3CC[C@@H](COCC(=O)O)CC3)nc2-c2ccccc2)cc1. The van der Waals surface area contributed by atoms with Crippen molar-refractivity contribution in [3.8, 4) is 22.4 Å². The molecule has 2 aromatic carbocycles. The highest BCUT2D eigenvalue weighted by atomic mass is 16.5. The first-order chi connectivity index (χ1) is 16.0. The van der Waals surface area contributed by atoms with Crippen LogP contribution in [0.5, 0.6) is 0 Å². The zero-order valence-electron chi connectivity index (χ0n) is 18.9. The topological polar surface area (TPSA) is 81.4 Å². The van der Waals surface area contributed by atoms with E-state index < -0.39 is 5.97 Å². The molecule has 1 N–H and O–H groups in total. The summed E-state index contributed by atoms with van der Waals surface area (Å²) in [7, 11) is 0. The summed E-state index contributed by atoms with van der Waals surface area (Å²) in [6, 6.07) is 19.9. The smallest absolute Gasteiger partial charge is 0.329 e. The van der Waals surface area contributed by atoms with Gasteiger partial charge in [0.15, 0.2) is 0 Å². The zero-order chi connectivity index (χ0) is 23.2. The molecule has 4 rings (SSSR count). The third kappa shape index (κ3) is 5.96. The van der Waals surface area contributed by atoms with E-state index >= 15 is 0 Å². The Kier molecular flexibility index (Phi) is 7.35. The highest BCUT2D eigenvalue weighted by Crippen LogP contribution is 2.32. The second-order valence-corrected chi connectivity index (χ2v) is 8.95. The lowest BCUT2D eigenvalue weighted by Crippen LogP contribution is -2.29. The van der Waals surface area contributed by atoms with E-state index in [0.29, 0.717) is 25.0 Å². The number of carbonyl (C=O) groups is 1. The minimum atomic E-state index is -0.933. The third-order valence-corrected chi connectivity index (χ3v) is 6.38. The van der Waals surface area contributed by atoms with Crippen LogP contribution < -0.4 is 5.56 Å². The minimum Gasteiger partial charge on any atom is -0.480 e. The van der Waals surface area contributed by atoms with Crippen molar-refractivity contribution in [3.63, 3.8) is 0 Å². The van der Waals surface area contributed by atoms with E-state index in [4.69, 9.17) is 14.9 Å². The fraction of sp³-hybridized carbons (Fsp3) is 0.370. The van der Waals surface area contributed by atoms with Gasteiger partial charge in [0.25, 0.3) is 5.56 Å². The second kappa shape index (κ2) is 10.6. The molecule has 1 aromatic heterocycles. The van der Waals surface area contributed by atoms with Gasteiger partial charge in [-0.05, 0) is 50.0 Å². The Hall–Kier alpha value is -3.25. The molecule has 1 aliphatic rings. The lowest BCUT2D eigenvalue weighted by molar-refractivity contribution is -0.142. The van der Waals surface area contributed by atoms with Gasteiger partial charge in [0.2, 0.25) is 0 Å². The molecule has 0 spiro atoms. The molecule has 0 amide bonds. The number of aromatic nitrogens is 2. The van der Waals surface area contributed by atoms with Crippen LogP contribution in [0.2, 0.25) is 0 Å². The summed E-state index contributed by atoms with van der Waals surface area (Å²) >= 11 is 0. The number of hydrogen-bond donors (Lipinski definition) is 1. The molecular formula is C27H30N2O4. The van der Waals surface area contributed by atoms with Crippen LogP contribution in [0.25, 0.3) is 22.4 Å². The minimum absolute atomic E-state index is 0.0860. The average molecular weight is 447 g/mol. The quantitative estimate of drug-likeness (QED) is 0.538. The van der Waals surface area contributed by atoms with Crippen molar-refractivity contribution in [2.45, 2.75) is 39.2 Å². The maximum atomic E-state index is 13.0. The summed E-state index contributed by atoms with van der Waals surface area (Å²) < 4.78 is 6.88. The molecule has 6 heteroatoms. The highest BCUT2D eigenvalue weighted by molar-refractivity contribution is 5.80. The van der Waals surface area contributed by atoms with Gasteiger partial charge in [-0.2, -0.15) is 5.10 Å². The van der Waals surface area contributed by atoms with Crippen molar-refractivity contribution >= 4 is 5.97 Å². The molecule has 0 radical (unpaired) electrons. The fourth-order valence-electron chi connectivity index (χ4n) is 4.52. The first-order valence-corrected chi connectivity index (χ1v) is 11.5. The van der Waals surface area contributed by atoms with E-state index in [2.05, 4.69) is 0 Å². The van der Waals surface area contributed by atoms with Crippen molar-refractivity contribution in [1.29, 1.82) is 0 Å². The van der Waals surface area contributed by atoms with Crippen molar-refractivity contribution < 1.29 is 14.6 Å². The van der Waals surface area contributed by atoms with E-state index in [0.717, 1.165) is 48.1 Å². The van der Waals surface area contributed by atoms with Crippen LogP contribution >= 0.6 is 0 Å². The van der Waals surface area contributed by atoms with E-state index in [9.17, 15) is 9.59 Å². The molecule has 0 saturated heterocycles. The monoisotopic (exact) mass is 446 g/mol. The molecule has 6 nitrogen and oxygen atoms in total. The van der Waals surface area contributed by atoms with Gasteiger partial charge >= 0.3 is 5.97 Å². The summed E-state index contributed by atoms with van der Waals surface area (Å²) in [4.78, 5) is 23.7. The number of ether oxygens (including phenoxy) is 1.